The van der Waals surface area contributed by atoms with E-state index in [9.17, 15) is 18.0 Å². The Bertz CT molecular complexity index is 1180. The first-order valence-electron chi connectivity index (χ1n) is 8.50. The number of anilines is 2. The van der Waals surface area contributed by atoms with Crippen LogP contribution in [0.3, 0.4) is 0 Å². The fourth-order valence-corrected chi connectivity index (χ4v) is 4.91. The van der Waals surface area contributed by atoms with Crippen molar-refractivity contribution >= 4 is 60.3 Å². The molecule has 8 nitrogen and oxygen atoms in total. The third kappa shape index (κ3) is 5.43. The van der Waals surface area contributed by atoms with Crippen LogP contribution in [0.2, 0.25) is 0 Å². The van der Waals surface area contributed by atoms with E-state index in [4.69, 9.17) is 4.74 Å². The number of carbonyl (C=O) groups is 2. The van der Waals surface area contributed by atoms with Gasteiger partial charge in [0.05, 0.1) is 5.69 Å². The minimum atomic E-state index is -4.06. The van der Waals surface area contributed by atoms with Gasteiger partial charge in [-0.15, -0.1) is 11.3 Å². The Morgan fingerprint density at radius 2 is 2.00 bits per heavy atom. The van der Waals surface area contributed by atoms with Crippen LogP contribution in [0.15, 0.2) is 57.3 Å². The highest BCUT2D eigenvalue weighted by molar-refractivity contribution is 9.10. The molecule has 0 fully saturated rings. The van der Waals surface area contributed by atoms with Crippen molar-refractivity contribution in [2.24, 2.45) is 0 Å². The molecule has 0 aliphatic rings. The lowest BCUT2D eigenvalue weighted by atomic mass is 10.2. The summed E-state index contributed by atoms with van der Waals surface area (Å²) in [6.45, 7) is 1.48. The number of hydrogen-bond donors (Lipinski definition) is 2. The first-order chi connectivity index (χ1) is 14.3. The van der Waals surface area contributed by atoms with Crippen LogP contribution in [0.4, 0.5) is 10.8 Å². The van der Waals surface area contributed by atoms with Gasteiger partial charge in [-0.25, -0.2) is 4.98 Å². The quantitative estimate of drug-likeness (QED) is 0.442. The van der Waals surface area contributed by atoms with E-state index < -0.39 is 10.0 Å². The Labute approximate surface area is 185 Å². The molecule has 0 atom stereocenters. The van der Waals surface area contributed by atoms with E-state index in [1.54, 1.807) is 0 Å². The van der Waals surface area contributed by atoms with Crippen molar-refractivity contribution in [1.29, 1.82) is 0 Å². The van der Waals surface area contributed by atoms with Crippen LogP contribution < -0.4 is 14.8 Å². The Balaban J connectivity index is 1.89. The maximum atomic E-state index is 12.8. The zero-order valence-corrected chi connectivity index (χ0v) is 18.8. The first-order valence-corrected chi connectivity index (χ1v) is 11.7. The monoisotopic (exact) mass is 509 g/mol. The molecule has 1 heterocycles. The molecular weight excluding hydrogens is 494 g/mol. The molecular formula is C19H16BrN3O5S2. The molecule has 30 heavy (non-hydrogen) atoms. The number of amides is 1. The lowest BCUT2D eigenvalue weighted by Gasteiger charge is -2.14. The van der Waals surface area contributed by atoms with Crippen LogP contribution in [-0.2, 0) is 21.4 Å². The van der Waals surface area contributed by atoms with Gasteiger partial charge in [-0.05, 0) is 33.6 Å². The largest absolute Gasteiger partial charge is 0.487 e. The third-order valence-electron chi connectivity index (χ3n) is 3.75. The number of aldehydes is 1. The van der Waals surface area contributed by atoms with Crippen LogP contribution in [-0.4, -0.2) is 25.6 Å². The van der Waals surface area contributed by atoms with Gasteiger partial charge in [0.1, 0.15) is 12.4 Å². The number of thiazole rings is 1. The SMILES string of the molecule is CC(=O)Nc1nc(S(=O)(=O)Nc2cc(Br)c(C=O)cc2OCc2ccccc2)cs1. The van der Waals surface area contributed by atoms with Crippen LogP contribution >= 0.6 is 27.3 Å². The molecule has 0 radical (unpaired) electrons. The van der Waals surface area contributed by atoms with Crippen LogP contribution in [0, 0.1) is 0 Å². The third-order valence-corrected chi connectivity index (χ3v) is 6.59. The summed E-state index contributed by atoms with van der Waals surface area (Å²) in [4.78, 5) is 26.4. The van der Waals surface area contributed by atoms with Crippen molar-refractivity contribution in [3.63, 3.8) is 0 Å². The first kappa shape index (κ1) is 21.9. The van der Waals surface area contributed by atoms with Crippen molar-refractivity contribution in [2.75, 3.05) is 10.0 Å². The van der Waals surface area contributed by atoms with E-state index in [-0.39, 0.29) is 34.1 Å². The fourth-order valence-electron chi connectivity index (χ4n) is 2.38. The van der Waals surface area contributed by atoms with Crippen molar-refractivity contribution in [3.05, 3.63) is 63.4 Å². The summed E-state index contributed by atoms with van der Waals surface area (Å²) in [7, 11) is -4.06. The number of benzene rings is 2. The van der Waals surface area contributed by atoms with Crippen molar-refractivity contribution in [3.8, 4) is 5.75 Å². The number of carbonyl (C=O) groups excluding carboxylic acids is 2. The second-order valence-electron chi connectivity index (χ2n) is 6.04. The van der Waals surface area contributed by atoms with Gasteiger partial charge in [0.2, 0.25) is 5.91 Å². The molecule has 0 spiro atoms. The minimum Gasteiger partial charge on any atom is -0.487 e. The standard InChI is InChI=1S/C19H16BrN3O5S2/c1-12(25)21-19-22-18(11-29-19)30(26,27)23-16-8-15(20)14(9-24)7-17(16)28-10-13-5-3-2-4-6-13/h2-9,11,23H,10H2,1H3,(H,21,22,25). The summed E-state index contributed by atoms with van der Waals surface area (Å²) >= 11 is 4.24. The van der Waals surface area contributed by atoms with Crippen molar-refractivity contribution in [2.45, 2.75) is 18.6 Å². The van der Waals surface area contributed by atoms with Crippen molar-refractivity contribution in [1.82, 2.24) is 4.98 Å². The number of hydrogen-bond acceptors (Lipinski definition) is 7. The molecule has 2 aromatic carbocycles. The Morgan fingerprint density at radius 1 is 1.27 bits per heavy atom. The van der Waals surface area contributed by atoms with Gasteiger partial charge in [-0.3, -0.25) is 14.3 Å². The molecule has 2 N–H and O–H groups in total. The van der Waals surface area contributed by atoms with Gasteiger partial charge in [0, 0.05) is 22.3 Å². The minimum absolute atomic E-state index is 0.137. The summed E-state index contributed by atoms with van der Waals surface area (Å²) in [6, 6.07) is 12.2. The zero-order valence-electron chi connectivity index (χ0n) is 15.6. The molecule has 0 aliphatic carbocycles. The lowest BCUT2D eigenvalue weighted by Crippen LogP contribution is -2.15. The second-order valence-corrected chi connectivity index (χ2v) is 9.38. The number of aromatic nitrogens is 1. The van der Waals surface area contributed by atoms with Gasteiger partial charge >= 0.3 is 0 Å². The summed E-state index contributed by atoms with van der Waals surface area (Å²) in [5, 5.41) is 3.67. The molecule has 0 bridgehead atoms. The smallest absolute Gasteiger partial charge is 0.280 e. The van der Waals surface area contributed by atoms with Crippen LogP contribution in [0.1, 0.15) is 22.8 Å². The lowest BCUT2D eigenvalue weighted by molar-refractivity contribution is -0.114. The van der Waals surface area contributed by atoms with Gasteiger partial charge in [-0.1, -0.05) is 30.3 Å². The number of ether oxygens (including phenoxy) is 1. The molecule has 11 heteroatoms. The molecule has 0 aliphatic heterocycles. The van der Waals surface area contributed by atoms with Gasteiger partial charge in [0.25, 0.3) is 10.0 Å². The van der Waals surface area contributed by atoms with E-state index >= 15 is 0 Å². The Morgan fingerprint density at radius 3 is 2.67 bits per heavy atom. The highest BCUT2D eigenvalue weighted by Crippen LogP contribution is 2.33. The van der Waals surface area contributed by atoms with E-state index in [0.29, 0.717) is 16.3 Å². The zero-order chi connectivity index (χ0) is 21.7. The predicted octanol–water partition coefficient (Wildman–Crippen LogP) is 4.06. The van der Waals surface area contributed by atoms with Crippen molar-refractivity contribution < 1.29 is 22.7 Å². The maximum absolute atomic E-state index is 12.8. The number of nitrogens with one attached hydrogen (secondary N) is 2. The summed E-state index contributed by atoms with van der Waals surface area (Å²) in [5.41, 5.74) is 1.32. The van der Waals surface area contributed by atoms with E-state index in [0.717, 1.165) is 16.9 Å². The normalized spacial score (nSPS) is 11.0. The highest BCUT2D eigenvalue weighted by atomic mass is 79.9. The molecule has 0 saturated heterocycles. The second kappa shape index (κ2) is 9.37. The van der Waals surface area contributed by atoms with Crippen LogP contribution in [0.5, 0.6) is 5.75 Å². The molecule has 0 unspecified atom stereocenters. The molecule has 1 amide bonds. The van der Waals surface area contributed by atoms with E-state index in [2.05, 4.69) is 31.0 Å². The van der Waals surface area contributed by atoms with Gasteiger partial charge < -0.3 is 10.1 Å². The van der Waals surface area contributed by atoms with E-state index in [1.807, 2.05) is 30.3 Å². The molecule has 3 aromatic rings. The molecule has 3 rings (SSSR count). The highest BCUT2D eigenvalue weighted by Gasteiger charge is 2.22. The summed E-state index contributed by atoms with van der Waals surface area (Å²) in [6.07, 6.45) is 0.637. The molecule has 156 valence electrons. The molecule has 1 aromatic heterocycles. The van der Waals surface area contributed by atoms with Gasteiger partial charge in [-0.2, -0.15) is 8.42 Å². The predicted molar refractivity (Wildman–Crippen MR) is 118 cm³/mol. The fraction of sp³-hybridized carbons (Fsp3) is 0.105. The Kier molecular flexibility index (Phi) is 6.85. The maximum Gasteiger partial charge on any atom is 0.280 e. The summed E-state index contributed by atoms with van der Waals surface area (Å²) in [5.74, 6) is -0.170. The number of rotatable bonds is 8. The average Bonchev–Trinajstić information content (AvgIpc) is 3.17. The van der Waals surface area contributed by atoms with E-state index in [1.165, 1.54) is 24.4 Å². The number of nitrogens with zero attached hydrogens (tertiary/aromatic N) is 1. The average molecular weight is 510 g/mol. The summed E-state index contributed by atoms with van der Waals surface area (Å²) < 4.78 is 34.2. The number of halogens is 1. The Hall–Kier alpha value is -2.76. The topological polar surface area (TPSA) is 114 Å². The number of sulfonamides is 1. The molecule has 0 saturated carbocycles. The van der Waals surface area contributed by atoms with Gasteiger partial charge in [0.15, 0.2) is 16.4 Å². The van der Waals surface area contributed by atoms with Crippen LogP contribution in [0.25, 0.3) is 0 Å².